The molecule has 1 N–H and O–H groups in total. The molecule has 2 rings (SSSR count). The van der Waals surface area contributed by atoms with Gasteiger partial charge >= 0.3 is 0 Å². The number of hydrogen-bond acceptors (Lipinski definition) is 2. The molecule has 2 nitrogen and oxygen atoms in total. The second-order valence-electron chi connectivity index (χ2n) is 3.48. The number of allylic oxidation sites excluding steroid dienone is 5. The van der Waals surface area contributed by atoms with Crippen molar-refractivity contribution in [1.29, 1.82) is 0 Å². The molecule has 1 heterocycles. The van der Waals surface area contributed by atoms with Crippen molar-refractivity contribution in [3.63, 3.8) is 0 Å². The summed E-state index contributed by atoms with van der Waals surface area (Å²) in [6.45, 7) is 4.17. The predicted molar refractivity (Wildman–Crippen MR) is 51.0 cm³/mol. The monoisotopic (exact) mass is 176 g/mol. The van der Waals surface area contributed by atoms with Crippen LogP contribution in [0, 0.1) is 0 Å². The first-order valence-corrected chi connectivity index (χ1v) is 4.31. The second kappa shape index (κ2) is 2.80. The lowest BCUT2D eigenvalue weighted by Crippen LogP contribution is -2.05. The molecule has 0 saturated heterocycles. The van der Waals surface area contributed by atoms with Crippen LogP contribution in [-0.4, -0.2) is 5.11 Å². The largest absolute Gasteiger partial charge is 0.505 e. The molecule has 0 amide bonds. The summed E-state index contributed by atoms with van der Waals surface area (Å²) < 4.78 is 5.26. The lowest BCUT2D eigenvalue weighted by Gasteiger charge is -2.20. The molecule has 0 saturated carbocycles. The van der Waals surface area contributed by atoms with Gasteiger partial charge in [-0.15, -0.1) is 0 Å². The number of rotatable bonds is 0. The van der Waals surface area contributed by atoms with Crippen LogP contribution < -0.4 is 0 Å². The molecule has 0 bridgehead atoms. The fourth-order valence-corrected chi connectivity index (χ4v) is 1.49. The Morgan fingerprint density at radius 1 is 1.31 bits per heavy atom. The van der Waals surface area contributed by atoms with Gasteiger partial charge in [-0.2, -0.15) is 0 Å². The average molecular weight is 176 g/mol. The predicted octanol–water partition coefficient (Wildman–Crippen LogP) is 2.97. The van der Waals surface area contributed by atoms with E-state index in [1.807, 2.05) is 6.08 Å². The van der Waals surface area contributed by atoms with Crippen molar-refractivity contribution >= 4 is 0 Å². The quantitative estimate of drug-likeness (QED) is 0.614. The van der Waals surface area contributed by atoms with E-state index in [-0.39, 0.29) is 5.76 Å². The van der Waals surface area contributed by atoms with Gasteiger partial charge in [0.25, 0.3) is 0 Å². The molecule has 2 heteroatoms. The number of aliphatic hydroxyl groups is 1. The first-order chi connectivity index (χ1) is 6.16. The van der Waals surface area contributed by atoms with E-state index in [0.29, 0.717) is 0 Å². The Morgan fingerprint density at radius 3 is 2.85 bits per heavy atom. The third-order valence-corrected chi connectivity index (χ3v) is 2.42. The topological polar surface area (TPSA) is 29.5 Å². The molecule has 0 aromatic carbocycles. The zero-order valence-electron chi connectivity index (χ0n) is 7.79. The number of ether oxygens (including phenoxy) is 1. The standard InChI is InChI=1S/C11H12O2/c1-7-3-9-5-10(12)6-13-11(9)4-8(7)2/h4-6,12H,3H2,1-2H3. The van der Waals surface area contributed by atoms with Crippen LogP contribution in [0.4, 0.5) is 0 Å². The lowest BCUT2D eigenvalue weighted by atomic mass is 9.93. The third kappa shape index (κ3) is 1.39. The van der Waals surface area contributed by atoms with Crippen LogP contribution in [0.3, 0.4) is 0 Å². The van der Waals surface area contributed by atoms with Gasteiger partial charge < -0.3 is 9.84 Å². The van der Waals surface area contributed by atoms with E-state index < -0.39 is 0 Å². The van der Waals surface area contributed by atoms with Crippen LogP contribution in [0.15, 0.2) is 46.7 Å². The van der Waals surface area contributed by atoms with Gasteiger partial charge in [0.2, 0.25) is 0 Å². The Hall–Kier alpha value is -1.44. The maximum absolute atomic E-state index is 9.22. The molecule has 1 aliphatic carbocycles. The van der Waals surface area contributed by atoms with Gasteiger partial charge in [-0.3, -0.25) is 0 Å². The van der Waals surface area contributed by atoms with E-state index in [2.05, 4.69) is 13.8 Å². The summed E-state index contributed by atoms with van der Waals surface area (Å²) in [4.78, 5) is 0. The van der Waals surface area contributed by atoms with E-state index >= 15 is 0 Å². The zero-order valence-corrected chi connectivity index (χ0v) is 7.79. The van der Waals surface area contributed by atoms with Gasteiger partial charge in [-0.05, 0) is 38.0 Å². The van der Waals surface area contributed by atoms with E-state index in [0.717, 1.165) is 17.8 Å². The van der Waals surface area contributed by atoms with Crippen molar-refractivity contribution in [2.45, 2.75) is 20.3 Å². The normalized spacial score (nSPS) is 21.2. The average Bonchev–Trinajstić information content (AvgIpc) is 2.08. The van der Waals surface area contributed by atoms with Gasteiger partial charge in [-0.1, -0.05) is 5.57 Å². The summed E-state index contributed by atoms with van der Waals surface area (Å²) in [6.07, 6.45) is 6.00. The minimum atomic E-state index is 0.194. The summed E-state index contributed by atoms with van der Waals surface area (Å²) >= 11 is 0. The van der Waals surface area contributed by atoms with E-state index in [4.69, 9.17) is 4.74 Å². The highest BCUT2D eigenvalue weighted by molar-refractivity contribution is 5.46. The van der Waals surface area contributed by atoms with Crippen LogP contribution >= 0.6 is 0 Å². The van der Waals surface area contributed by atoms with Gasteiger partial charge in [0, 0.05) is 5.57 Å². The minimum absolute atomic E-state index is 0.194. The maximum Gasteiger partial charge on any atom is 0.151 e. The Bertz CT molecular complexity index is 368. The number of fused-ring (bicyclic) bond motifs is 1. The van der Waals surface area contributed by atoms with Crippen molar-refractivity contribution in [3.05, 3.63) is 46.7 Å². The van der Waals surface area contributed by atoms with Gasteiger partial charge in [0.1, 0.15) is 12.0 Å². The molecule has 1 aliphatic heterocycles. The summed E-state index contributed by atoms with van der Waals surface area (Å²) in [7, 11) is 0. The van der Waals surface area contributed by atoms with Gasteiger partial charge in [0.05, 0.1) is 0 Å². The van der Waals surface area contributed by atoms with Crippen LogP contribution in [0.5, 0.6) is 0 Å². The van der Waals surface area contributed by atoms with Gasteiger partial charge in [0.15, 0.2) is 5.76 Å². The molecule has 0 atom stereocenters. The Labute approximate surface area is 77.5 Å². The molecule has 0 aromatic heterocycles. The molecule has 0 spiro atoms. The molecule has 0 fully saturated rings. The van der Waals surface area contributed by atoms with Gasteiger partial charge in [-0.25, -0.2) is 0 Å². The minimum Gasteiger partial charge on any atom is -0.505 e. The van der Waals surface area contributed by atoms with E-state index in [1.54, 1.807) is 6.08 Å². The Kier molecular flexibility index (Phi) is 1.76. The van der Waals surface area contributed by atoms with Crippen LogP contribution in [0.1, 0.15) is 20.3 Å². The van der Waals surface area contributed by atoms with Crippen LogP contribution in [0.25, 0.3) is 0 Å². The van der Waals surface area contributed by atoms with Crippen LogP contribution in [0.2, 0.25) is 0 Å². The lowest BCUT2D eigenvalue weighted by molar-refractivity contribution is 0.308. The Morgan fingerprint density at radius 2 is 2.08 bits per heavy atom. The fourth-order valence-electron chi connectivity index (χ4n) is 1.49. The second-order valence-corrected chi connectivity index (χ2v) is 3.48. The van der Waals surface area contributed by atoms with Crippen LogP contribution in [-0.2, 0) is 4.74 Å². The van der Waals surface area contributed by atoms with Crippen molar-refractivity contribution in [2.24, 2.45) is 0 Å². The van der Waals surface area contributed by atoms with Crippen molar-refractivity contribution in [1.82, 2.24) is 0 Å². The molecule has 2 aliphatic rings. The zero-order chi connectivity index (χ0) is 9.42. The maximum atomic E-state index is 9.22. The molecular formula is C11H12O2. The molecular weight excluding hydrogens is 164 g/mol. The highest BCUT2D eigenvalue weighted by Crippen LogP contribution is 2.32. The summed E-state index contributed by atoms with van der Waals surface area (Å²) in [6, 6.07) is 0. The molecule has 68 valence electrons. The fraction of sp³-hybridized carbons (Fsp3) is 0.273. The molecule has 0 unspecified atom stereocenters. The smallest absolute Gasteiger partial charge is 0.151 e. The number of hydrogen-bond donors (Lipinski definition) is 1. The summed E-state index contributed by atoms with van der Waals surface area (Å²) in [5.41, 5.74) is 3.64. The Balaban J connectivity index is 2.39. The SMILES string of the molecule is CC1=C(C)CC2=CC(O)=COC2=C1. The highest BCUT2D eigenvalue weighted by atomic mass is 16.5. The van der Waals surface area contributed by atoms with Crippen molar-refractivity contribution in [3.8, 4) is 0 Å². The summed E-state index contributed by atoms with van der Waals surface area (Å²) in [5.74, 6) is 1.06. The molecule has 0 aromatic rings. The molecule has 13 heavy (non-hydrogen) atoms. The van der Waals surface area contributed by atoms with E-state index in [1.165, 1.54) is 17.4 Å². The van der Waals surface area contributed by atoms with Crippen molar-refractivity contribution < 1.29 is 9.84 Å². The number of aliphatic hydroxyl groups excluding tert-OH is 1. The van der Waals surface area contributed by atoms with E-state index in [9.17, 15) is 5.11 Å². The first kappa shape index (κ1) is 8.17. The highest BCUT2D eigenvalue weighted by Gasteiger charge is 2.17. The molecule has 0 radical (unpaired) electrons. The third-order valence-electron chi connectivity index (χ3n) is 2.42. The summed E-state index contributed by atoms with van der Waals surface area (Å²) in [5, 5.41) is 9.22. The van der Waals surface area contributed by atoms with Crippen molar-refractivity contribution in [2.75, 3.05) is 0 Å². The first-order valence-electron chi connectivity index (χ1n) is 4.31.